The molecule has 2 N–H and O–H groups in total. The Hall–Kier alpha value is -2.38. The predicted molar refractivity (Wildman–Crippen MR) is 70.2 cm³/mol. The van der Waals surface area contributed by atoms with E-state index in [4.69, 9.17) is 0 Å². The highest BCUT2D eigenvalue weighted by atomic mass is 16.2. The van der Waals surface area contributed by atoms with Crippen LogP contribution in [0.2, 0.25) is 0 Å². The summed E-state index contributed by atoms with van der Waals surface area (Å²) in [6, 6.07) is 0.0281. The monoisotopic (exact) mass is 276 g/mol. The molecule has 8 nitrogen and oxygen atoms in total. The number of nitrogens with one attached hydrogen (secondary N) is 2. The van der Waals surface area contributed by atoms with Gasteiger partial charge in [-0.2, -0.15) is 5.10 Å². The Kier molecular flexibility index (Phi) is 3.13. The second-order valence-corrected chi connectivity index (χ2v) is 4.96. The van der Waals surface area contributed by atoms with Gasteiger partial charge in [-0.3, -0.25) is 9.36 Å². The van der Waals surface area contributed by atoms with Crippen LogP contribution in [0.5, 0.6) is 0 Å². The van der Waals surface area contributed by atoms with Crippen LogP contribution in [0.1, 0.15) is 29.3 Å². The van der Waals surface area contributed by atoms with Crippen molar-refractivity contribution < 1.29 is 4.79 Å². The first kappa shape index (κ1) is 12.6. The minimum atomic E-state index is -0.184. The minimum Gasteiger partial charge on any atom is -0.347 e. The number of aromatic nitrogens is 5. The minimum absolute atomic E-state index is 0.0281. The van der Waals surface area contributed by atoms with Crippen molar-refractivity contribution in [3.05, 3.63) is 34.5 Å². The van der Waals surface area contributed by atoms with Crippen LogP contribution in [0.3, 0.4) is 0 Å². The summed E-state index contributed by atoms with van der Waals surface area (Å²) in [5, 5.41) is 9.41. The number of H-pyrrole nitrogens is 1. The van der Waals surface area contributed by atoms with Gasteiger partial charge in [-0.05, 0) is 12.8 Å². The van der Waals surface area contributed by atoms with Crippen LogP contribution in [0.4, 0.5) is 0 Å². The van der Waals surface area contributed by atoms with Crippen LogP contribution in [-0.2, 0) is 20.0 Å². The van der Waals surface area contributed by atoms with E-state index in [1.807, 2.05) is 0 Å². The summed E-state index contributed by atoms with van der Waals surface area (Å²) in [5.74, 6) is 0.963. The van der Waals surface area contributed by atoms with E-state index < -0.39 is 0 Å². The highest BCUT2D eigenvalue weighted by Gasteiger charge is 2.21. The lowest BCUT2D eigenvalue weighted by atomic mass is 10.1. The zero-order valence-corrected chi connectivity index (χ0v) is 11.2. The molecule has 1 aliphatic heterocycles. The van der Waals surface area contributed by atoms with Gasteiger partial charge < -0.3 is 9.88 Å². The topological polar surface area (TPSA) is 97.6 Å². The molecular weight excluding hydrogens is 260 g/mol. The standard InChI is InChI=1S/C12H16N6O2/c1-17-7-5-13-10(17)11(19)14-8-2-3-9-15-16-12(20)18(9)6-4-8/h5,7-8H,2-4,6H2,1H3,(H,14,19)(H,16,20). The second-order valence-electron chi connectivity index (χ2n) is 4.96. The van der Waals surface area contributed by atoms with Crippen molar-refractivity contribution in [2.45, 2.75) is 31.8 Å². The average Bonchev–Trinajstić information content (AvgIpc) is 2.93. The number of fused-ring (bicyclic) bond motifs is 1. The third kappa shape index (κ3) is 2.24. The Morgan fingerprint density at radius 3 is 3.10 bits per heavy atom. The van der Waals surface area contributed by atoms with E-state index >= 15 is 0 Å². The number of hydrogen-bond acceptors (Lipinski definition) is 4. The normalized spacial score (nSPS) is 18.4. The van der Waals surface area contributed by atoms with Crippen molar-refractivity contribution in [2.24, 2.45) is 7.05 Å². The van der Waals surface area contributed by atoms with Gasteiger partial charge in [-0.25, -0.2) is 14.9 Å². The Balaban J connectivity index is 1.67. The number of amides is 1. The molecule has 20 heavy (non-hydrogen) atoms. The average molecular weight is 276 g/mol. The zero-order chi connectivity index (χ0) is 14.1. The summed E-state index contributed by atoms with van der Waals surface area (Å²) < 4.78 is 3.31. The van der Waals surface area contributed by atoms with Crippen LogP contribution in [0, 0.1) is 0 Å². The number of carbonyl (C=O) groups is 1. The molecule has 1 unspecified atom stereocenters. The predicted octanol–water partition coefficient (Wildman–Crippen LogP) is -0.560. The lowest BCUT2D eigenvalue weighted by molar-refractivity contribution is 0.0919. The number of aromatic amines is 1. The van der Waals surface area contributed by atoms with Gasteiger partial charge in [0.2, 0.25) is 0 Å². The van der Waals surface area contributed by atoms with E-state index in [0.717, 1.165) is 12.2 Å². The number of aryl methyl sites for hydroxylation is 2. The third-order valence-corrected chi connectivity index (χ3v) is 3.61. The summed E-state index contributed by atoms with van der Waals surface area (Å²) in [6.07, 6.45) is 5.47. The lowest BCUT2D eigenvalue weighted by Crippen LogP contribution is -2.36. The maximum atomic E-state index is 12.1. The molecule has 0 spiro atoms. The highest BCUT2D eigenvalue weighted by molar-refractivity contribution is 5.90. The quantitative estimate of drug-likeness (QED) is 0.768. The molecule has 3 rings (SSSR count). The van der Waals surface area contributed by atoms with Gasteiger partial charge >= 0.3 is 5.69 Å². The van der Waals surface area contributed by atoms with Crippen LogP contribution in [0.25, 0.3) is 0 Å². The van der Waals surface area contributed by atoms with E-state index in [1.54, 1.807) is 28.6 Å². The summed E-state index contributed by atoms with van der Waals surface area (Å²) in [7, 11) is 1.78. The lowest BCUT2D eigenvalue weighted by Gasteiger charge is -2.15. The van der Waals surface area contributed by atoms with Crippen LogP contribution >= 0.6 is 0 Å². The smallest absolute Gasteiger partial charge is 0.343 e. The first-order valence-corrected chi connectivity index (χ1v) is 6.57. The number of nitrogens with zero attached hydrogens (tertiary/aromatic N) is 4. The van der Waals surface area contributed by atoms with E-state index in [-0.39, 0.29) is 17.6 Å². The zero-order valence-electron chi connectivity index (χ0n) is 11.2. The Labute approximate surface area is 114 Å². The molecular formula is C12H16N6O2. The molecule has 0 aliphatic carbocycles. The fourth-order valence-electron chi connectivity index (χ4n) is 2.48. The second kappa shape index (κ2) is 4.95. The van der Waals surface area contributed by atoms with Gasteiger partial charge in [0.15, 0.2) is 5.82 Å². The van der Waals surface area contributed by atoms with Crippen LogP contribution in [0.15, 0.2) is 17.2 Å². The molecule has 2 aromatic rings. The van der Waals surface area contributed by atoms with Gasteiger partial charge in [0, 0.05) is 38.4 Å². The molecule has 0 radical (unpaired) electrons. The molecule has 0 aromatic carbocycles. The van der Waals surface area contributed by atoms with Gasteiger partial charge in [-0.15, -0.1) is 0 Å². The maximum Gasteiger partial charge on any atom is 0.343 e. The van der Waals surface area contributed by atoms with Gasteiger partial charge in [0.1, 0.15) is 5.82 Å². The van der Waals surface area contributed by atoms with Crippen molar-refractivity contribution in [1.82, 2.24) is 29.6 Å². The number of hydrogen-bond donors (Lipinski definition) is 2. The van der Waals surface area contributed by atoms with Crippen molar-refractivity contribution in [1.29, 1.82) is 0 Å². The molecule has 1 aliphatic rings. The SMILES string of the molecule is Cn1ccnc1C(=O)NC1CCc2n[nH]c(=O)n2CC1. The van der Waals surface area contributed by atoms with E-state index in [9.17, 15) is 9.59 Å². The molecule has 0 fully saturated rings. The number of carbonyl (C=O) groups excluding carboxylic acids is 1. The summed E-state index contributed by atoms with van der Waals surface area (Å²) in [5.41, 5.74) is -0.184. The molecule has 0 saturated heterocycles. The molecule has 2 aromatic heterocycles. The van der Waals surface area contributed by atoms with Crippen molar-refractivity contribution in [3.8, 4) is 0 Å². The number of rotatable bonds is 2. The van der Waals surface area contributed by atoms with E-state index in [0.29, 0.717) is 25.2 Å². The molecule has 0 saturated carbocycles. The summed E-state index contributed by atoms with van der Waals surface area (Å²) in [6.45, 7) is 0.566. The fourth-order valence-corrected chi connectivity index (χ4v) is 2.48. The molecule has 1 amide bonds. The summed E-state index contributed by atoms with van der Waals surface area (Å²) in [4.78, 5) is 27.6. The van der Waals surface area contributed by atoms with Crippen LogP contribution in [-0.4, -0.2) is 36.3 Å². The molecule has 3 heterocycles. The van der Waals surface area contributed by atoms with Gasteiger partial charge in [0.25, 0.3) is 5.91 Å². The van der Waals surface area contributed by atoms with Crippen molar-refractivity contribution in [3.63, 3.8) is 0 Å². The van der Waals surface area contributed by atoms with Crippen LogP contribution < -0.4 is 11.0 Å². The number of imidazole rings is 1. The Bertz CT molecular complexity index is 682. The maximum absolute atomic E-state index is 12.1. The first-order valence-electron chi connectivity index (χ1n) is 6.57. The third-order valence-electron chi connectivity index (χ3n) is 3.61. The van der Waals surface area contributed by atoms with E-state index in [2.05, 4.69) is 20.5 Å². The molecule has 0 bridgehead atoms. The Morgan fingerprint density at radius 1 is 1.50 bits per heavy atom. The molecule has 106 valence electrons. The highest BCUT2D eigenvalue weighted by Crippen LogP contribution is 2.11. The Morgan fingerprint density at radius 2 is 2.35 bits per heavy atom. The molecule has 1 atom stereocenters. The van der Waals surface area contributed by atoms with Gasteiger partial charge in [-0.1, -0.05) is 0 Å². The van der Waals surface area contributed by atoms with E-state index in [1.165, 1.54) is 0 Å². The largest absolute Gasteiger partial charge is 0.347 e. The fraction of sp³-hybridized carbons (Fsp3) is 0.500. The molecule has 8 heteroatoms. The summed E-state index contributed by atoms with van der Waals surface area (Å²) >= 11 is 0. The first-order chi connectivity index (χ1) is 9.65. The van der Waals surface area contributed by atoms with Crippen molar-refractivity contribution >= 4 is 5.91 Å². The van der Waals surface area contributed by atoms with Gasteiger partial charge in [0.05, 0.1) is 0 Å². The van der Waals surface area contributed by atoms with Crippen molar-refractivity contribution in [2.75, 3.05) is 0 Å².